The average molecular weight is 308 g/mol. The Bertz CT molecular complexity index is 371. The molecule has 1 aromatic rings. The Kier molecular flexibility index (Phi) is 6.64. The second kappa shape index (κ2) is 6.89. The standard InChI is InChI=1S/C11H15BrN2O.ClH/c1-3-9(13)11(15)14-10-6-8(12)5-4-7(10)2;/h4-6,9H,3,13H2,1-2H3,(H,14,15);1H/t9-;/m0./s1. The Hall–Kier alpha value is -0.580. The lowest BCUT2D eigenvalue weighted by atomic mass is 10.2. The lowest BCUT2D eigenvalue weighted by Crippen LogP contribution is -2.34. The van der Waals surface area contributed by atoms with Crippen LogP contribution in [0, 0.1) is 6.92 Å². The number of hydrogen-bond acceptors (Lipinski definition) is 2. The van der Waals surface area contributed by atoms with Gasteiger partial charge in [-0.05, 0) is 31.0 Å². The predicted molar refractivity (Wildman–Crippen MR) is 73.0 cm³/mol. The van der Waals surface area contributed by atoms with Crippen LogP contribution in [0.5, 0.6) is 0 Å². The molecule has 90 valence electrons. The summed E-state index contributed by atoms with van der Waals surface area (Å²) in [5, 5.41) is 2.81. The van der Waals surface area contributed by atoms with E-state index in [1.165, 1.54) is 0 Å². The van der Waals surface area contributed by atoms with Crippen LogP contribution < -0.4 is 11.1 Å². The fraction of sp³-hybridized carbons (Fsp3) is 0.364. The van der Waals surface area contributed by atoms with Crippen molar-refractivity contribution in [1.29, 1.82) is 0 Å². The maximum absolute atomic E-state index is 11.6. The van der Waals surface area contributed by atoms with Gasteiger partial charge in [-0.3, -0.25) is 4.79 Å². The van der Waals surface area contributed by atoms with Crippen LogP contribution in [-0.2, 0) is 4.79 Å². The molecule has 0 radical (unpaired) electrons. The molecule has 0 aliphatic rings. The molecule has 1 atom stereocenters. The molecule has 1 aromatic carbocycles. The number of amides is 1. The molecular formula is C11H16BrClN2O. The minimum Gasteiger partial charge on any atom is -0.324 e. The summed E-state index contributed by atoms with van der Waals surface area (Å²) in [5.41, 5.74) is 7.46. The average Bonchev–Trinajstić information content (AvgIpc) is 2.22. The molecule has 0 spiro atoms. The molecule has 3 nitrogen and oxygen atoms in total. The highest BCUT2D eigenvalue weighted by Crippen LogP contribution is 2.20. The number of halogens is 2. The molecule has 0 saturated heterocycles. The molecule has 1 amide bonds. The Labute approximate surface area is 110 Å². The Morgan fingerprint density at radius 1 is 1.56 bits per heavy atom. The smallest absolute Gasteiger partial charge is 0.241 e. The van der Waals surface area contributed by atoms with Gasteiger partial charge in [-0.1, -0.05) is 28.9 Å². The zero-order chi connectivity index (χ0) is 11.4. The topological polar surface area (TPSA) is 55.1 Å². The van der Waals surface area contributed by atoms with Crippen molar-refractivity contribution in [3.05, 3.63) is 28.2 Å². The molecule has 0 bridgehead atoms. The first-order valence-electron chi connectivity index (χ1n) is 4.87. The number of carbonyl (C=O) groups excluding carboxylic acids is 1. The number of benzene rings is 1. The lowest BCUT2D eigenvalue weighted by molar-refractivity contribution is -0.117. The number of carbonyl (C=O) groups is 1. The van der Waals surface area contributed by atoms with E-state index < -0.39 is 6.04 Å². The summed E-state index contributed by atoms with van der Waals surface area (Å²) < 4.78 is 0.938. The van der Waals surface area contributed by atoms with Gasteiger partial charge in [0.1, 0.15) is 0 Å². The zero-order valence-corrected chi connectivity index (χ0v) is 11.7. The van der Waals surface area contributed by atoms with Crippen LogP contribution in [0.3, 0.4) is 0 Å². The van der Waals surface area contributed by atoms with Gasteiger partial charge in [0.15, 0.2) is 0 Å². The summed E-state index contributed by atoms with van der Waals surface area (Å²) in [6.45, 7) is 3.83. The third-order valence-electron chi connectivity index (χ3n) is 2.23. The van der Waals surface area contributed by atoms with Crippen LogP contribution in [0.25, 0.3) is 0 Å². The minimum atomic E-state index is -0.441. The summed E-state index contributed by atoms with van der Waals surface area (Å²) >= 11 is 3.36. The van der Waals surface area contributed by atoms with Gasteiger partial charge in [0, 0.05) is 10.2 Å². The molecule has 0 unspecified atom stereocenters. The van der Waals surface area contributed by atoms with E-state index in [1.54, 1.807) is 0 Å². The van der Waals surface area contributed by atoms with Crippen molar-refractivity contribution in [3.63, 3.8) is 0 Å². The van der Waals surface area contributed by atoms with Crippen molar-refractivity contribution in [1.82, 2.24) is 0 Å². The summed E-state index contributed by atoms with van der Waals surface area (Å²) in [6.07, 6.45) is 0.638. The van der Waals surface area contributed by atoms with E-state index in [-0.39, 0.29) is 18.3 Å². The molecule has 1 rings (SSSR count). The molecule has 16 heavy (non-hydrogen) atoms. The van der Waals surface area contributed by atoms with Crippen molar-refractivity contribution >= 4 is 39.9 Å². The van der Waals surface area contributed by atoms with Crippen LogP contribution >= 0.6 is 28.3 Å². The molecule has 0 aliphatic heterocycles. The summed E-state index contributed by atoms with van der Waals surface area (Å²) in [5.74, 6) is -0.140. The quantitative estimate of drug-likeness (QED) is 0.902. The molecule has 0 aliphatic carbocycles. The molecule has 0 heterocycles. The van der Waals surface area contributed by atoms with Crippen molar-refractivity contribution < 1.29 is 4.79 Å². The first kappa shape index (κ1) is 15.4. The van der Waals surface area contributed by atoms with Gasteiger partial charge < -0.3 is 11.1 Å². The molecular weight excluding hydrogens is 291 g/mol. The van der Waals surface area contributed by atoms with Gasteiger partial charge in [0.05, 0.1) is 6.04 Å². The molecule has 0 aromatic heterocycles. The van der Waals surface area contributed by atoms with Gasteiger partial charge in [-0.2, -0.15) is 0 Å². The highest BCUT2D eigenvalue weighted by Gasteiger charge is 2.11. The number of nitrogens with two attached hydrogens (primary N) is 1. The van der Waals surface area contributed by atoms with Crippen molar-refractivity contribution in [2.24, 2.45) is 5.73 Å². The number of aryl methyl sites for hydroxylation is 1. The van der Waals surface area contributed by atoms with E-state index in [0.29, 0.717) is 6.42 Å². The molecule has 0 saturated carbocycles. The first-order chi connectivity index (χ1) is 7.04. The van der Waals surface area contributed by atoms with Crippen LogP contribution in [0.2, 0.25) is 0 Å². The summed E-state index contributed by atoms with van der Waals surface area (Å²) in [7, 11) is 0. The maximum atomic E-state index is 11.6. The van der Waals surface area contributed by atoms with Crippen LogP contribution in [0.4, 0.5) is 5.69 Å². The van der Waals surface area contributed by atoms with E-state index in [4.69, 9.17) is 5.73 Å². The number of hydrogen-bond donors (Lipinski definition) is 2. The van der Waals surface area contributed by atoms with Gasteiger partial charge >= 0.3 is 0 Å². The SMILES string of the molecule is CC[C@H](N)C(=O)Nc1cc(Br)ccc1C.Cl. The highest BCUT2D eigenvalue weighted by atomic mass is 79.9. The van der Waals surface area contributed by atoms with Gasteiger partial charge in [-0.25, -0.2) is 0 Å². The first-order valence-corrected chi connectivity index (χ1v) is 5.66. The van der Waals surface area contributed by atoms with E-state index in [1.807, 2.05) is 32.0 Å². The molecule has 5 heteroatoms. The maximum Gasteiger partial charge on any atom is 0.241 e. The predicted octanol–water partition coefficient (Wildman–Crippen LogP) is 2.86. The molecule has 0 fully saturated rings. The normalized spacial score (nSPS) is 11.5. The number of anilines is 1. The summed E-state index contributed by atoms with van der Waals surface area (Å²) in [4.78, 5) is 11.6. The van der Waals surface area contributed by atoms with Gasteiger partial charge in [0.2, 0.25) is 5.91 Å². The fourth-order valence-corrected chi connectivity index (χ4v) is 1.50. The van der Waals surface area contributed by atoms with E-state index >= 15 is 0 Å². The van der Waals surface area contributed by atoms with Gasteiger partial charge in [0.25, 0.3) is 0 Å². The van der Waals surface area contributed by atoms with E-state index in [2.05, 4.69) is 21.2 Å². The second-order valence-corrected chi connectivity index (χ2v) is 4.38. The third kappa shape index (κ3) is 4.12. The van der Waals surface area contributed by atoms with Crippen LogP contribution in [-0.4, -0.2) is 11.9 Å². The van der Waals surface area contributed by atoms with E-state index in [0.717, 1.165) is 15.7 Å². The van der Waals surface area contributed by atoms with Crippen LogP contribution in [0.15, 0.2) is 22.7 Å². The van der Waals surface area contributed by atoms with E-state index in [9.17, 15) is 4.79 Å². The highest BCUT2D eigenvalue weighted by molar-refractivity contribution is 9.10. The summed E-state index contributed by atoms with van der Waals surface area (Å²) in [6, 6.07) is 5.31. The number of rotatable bonds is 3. The van der Waals surface area contributed by atoms with Crippen LogP contribution in [0.1, 0.15) is 18.9 Å². The van der Waals surface area contributed by atoms with Crippen molar-refractivity contribution in [2.75, 3.05) is 5.32 Å². The van der Waals surface area contributed by atoms with Gasteiger partial charge in [-0.15, -0.1) is 12.4 Å². The Morgan fingerprint density at radius 2 is 2.19 bits per heavy atom. The lowest BCUT2D eigenvalue weighted by Gasteiger charge is -2.12. The Balaban J connectivity index is 0.00000225. The second-order valence-electron chi connectivity index (χ2n) is 3.46. The van der Waals surface area contributed by atoms with Crippen molar-refractivity contribution in [2.45, 2.75) is 26.3 Å². The monoisotopic (exact) mass is 306 g/mol. The third-order valence-corrected chi connectivity index (χ3v) is 2.73. The fourth-order valence-electron chi connectivity index (χ4n) is 1.14. The largest absolute Gasteiger partial charge is 0.324 e. The Morgan fingerprint density at radius 3 is 2.75 bits per heavy atom. The van der Waals surface area contributed by atoms with Crippen molar-refractivity contribution in [3.8, 4) is 0 Å². The number of nitrogens with one attached hydrogen (secondary N) is 1. The molecule has 3 N–H and O–H groups in total. The zero-order valence-electron chi connectivity index (χ0n) is 9.29. The minimum absolute atomic E-state index is 0.